The zero-order valence-electron chi connectivity index (χ0n) is 10.2. The molecule has 0 saturated carbocycles. The predicted octanol–water partition coefficient (Wildman–Crippen LogP) is -0.864. The topological polar surface area (TPSA) is 74.9 Å². The largest absolute Gasteiger partial charge is 0.374 e. The normalized spacial score (nSPS) is 23.2. The average molecular weight is 229 g/mol. The molecule has 0 bridgehead atoms. The van der Waals surface area contributed by atoms with Gasteiger partial charge in [-0.15, -0.1) is 0 Å². The van der Waals surface area contributed by atoms with Crippen molar-refractivity contribution in [2.24, 2.45) is 10.8 Å². The van der Waals surface area contributed by atoms with Crippen molar-refractivity contribution < 1.29 is 4.74 Å². The van der Waals surface area contributed by atoms with Crippen LogP contribution >= 0.6 is 0 Å². The lowest BCUT2D eigenvalue weighted by Crippen LogP contribution is -2.45. The van der Waals surface area contributed by atoms with Gasteiger partial charge in [0.2, 0.25) is 5.96 Å². The third-order valence-corrected chi connectivity index (χ3v) is 2.60. The molecule has 0 radical (unpaired) electrons. The van der Waals surface area contributed by atoms with Crippen LogP contribution in [0.4, 0.5) is 0 Å². The smallest absolute Gasteiger partial charge is 0.205 e. The van der Waals surface area contributed by atoms with Gasteiger partial charge >= 0.3 is 0 Å². The first-order valence-corrected chi connectivity index (χ1v) is 5.89. The molecule has 1 unspecified atom stereocenters. The predicted molar refractivity (Wildman–Crippen MR) is 65.2 cm³/mol. The van der Waals surface area contributed by atoms with Gasteiger partial charge in [-0.05, 0) is 13.5 Å². The minimum Gasteiger partial charge on any atom is -0.374 e. The van der Waals surface area contributed by atoms with Crippen LogP contribution in [0, 0.1) is 0 Å². The van der Waals surface area contributed by atoms with E-state index in [1.165, 1.54) is 0 Å². The maximum Gasteiger partial charge on any atom is 0.205 e. The maximum atomic E-state index is 5.64. The fourth-order valence-electron chi connectivity index (χ4n) is 1.69. The van der Waals surface area contributed by atoms with E-state index in [4.69, 9.17) is 10.6 Å². The number of hydrazine groups is 1. The summed E-state index contributed by atoms with van der Waals surface area (Å²) in [5.74, 6) is 5.96. The molecular weight excluding hydrogens is 206 g/mol. The molecule has 1 aliphatic heterocycles. The molecule has 4 N–H and O–H groups in total. The highest BCUT2D eigenvalue weighted by atomic mass is 16.5. The number of rotatable bonds is 4. The number of ether oxygens (including phenoxy) is 1. The minimum absolute atomic E-state index is 0.177. The van der Waals surface area contributed by atoms with Crippen LogP contribution in [-0.2, 0) is 4.74 Å². The number of aliphatic imine (C=N–C) groups is 1. The number of hydrogen-bond donors (Lipinski definition) is 3. The summed E-state index contributed by atoms with van der Waals surface area (Å²) in [6.07, 6.45) is 0.177. The van der Waals surface area contributed by atoms with Crippen molar-refractivity contribution in [3.05, 3.63) is 0 Å². The summed E-state index contributed by atoms with van der Waals surface area (Å²) in [6.45, 7) is 9.44. The fraction of sp³-hybridized carbons (Fsp3) is 0.900. The van der Waals surface area contributed by atoms with Crippen molar-refractivity contribution >= 4 is 5.96 Å². The molecule has 1 fully saturated rings. The van der Waals surface area contributed by atoms with Gasteiger partial charge in [-0.3, -0.25) is 10.3 Å². The van der Waals surface area contributed by atoms with E-state index in [1.54, 1.807) is 0 Å². The van der Waals surface area contributed by atoms with Crippen LogP contribution in [0.3, 0.4) is 0 Å². The Morgan fingerprint density at radius 2 is 2.38 bits per heavy atom. The van der Waals surface area contributed by atoms with Gasteiger partial charge in [0.15, 0.2) is 0 Å². The van der Waals surface area contributed by atoms with E-state index < -0.39 is 0 Å². The van der Waals surface area contributed by atoms with Crippen LogP contribution in [0.2, 0.25) is 0 Å². The third-order valence-electron chi connectivity index (χ3n) is 2.60. The van der Waals surface area contributed by atoms with E-state index in [0.29, 0.717) is 12.5 Å². The number of likely N-dealkylation sites (N-methyl/N-ethyl adjacent to an activating group) is 1. The molecule has 1 saturated heterocycles. The zero-order valence-corrected chi connectivity index (χ0v) is 10.2. The number of guanidine groups is 1. The Labute approximate surface area is 97.2 Å². The summed E-state index contributed by atoms with van der Waals surface area (Å²) < 4.78 is 5.64. The van der Waals surface area contributed by atoms with Crippen molar-refractivity contribution in [3.63, 3.8) is 0 Å². The second-order valence-corrected chi connectivity index (χ2v) is 3.75. The third kappa shape index (κ3) is 4.34. The molecule has 1 aliphatic rings. The minimum atomic E-state index is 0.177. The fourth-order valence-corrected chi connectivity index (χ4v) is 1.69. The molecule has 1 atom stereocenters. The second kappa shape index (κ2) is 7.43. The summed E-state index contributed by atoms with van der Waals surface area (Å²) >= 11 is 0. The van der Waals surface area contributed by atoms with Crippen molar-refractivity contribution in [2.75, 3.05) is 39.3 Å². The molecule has 16 heavy (non-hydrogen) atoms. The van der Waals surface area contributed by atoms with E-state index in [2.05, 4.69) is 27.6 Å². The first-order valence-electron chi connectivity index (χ1n) is 5.89. The molecule has 0 aromatic heterocycles. The molecule has 0 aromatic carbocycles. The molecule has 6 heteroatoms. The summed E-state index contributed by atoms with van der Waals surface area (Å²) in [5.41, 5.74) is 2.54. The Bertz CT molecular complexity index is 221. The van der Waals surface area contributed by atoms with E-state index >= 15 is 0 Å². The first kappa shape index (κ1) is 13.2. The van der Waals surface area contributed by atoms with Gasteiger partial charge in [-0.25, -0.2) is 10.8 Å². The van der Waals surface area contributed by atoms with Gasteiger partial charge in [0, 0.05) is 19.6 Å². The van der Waals surface area contributed by atoms with Gasteiger partial charge in [0.1, 0.15) is 0 Å². The number of hydrogen-bond acceptors (Lipinski definition) is 4. The summed E-state index contributed by atoms with van der Waals surface area (Å²) in [7, 11) is 0. The molecule has 0 aromatic rings. The average Bonchev–Trinajstić information content (AvgIpc) is 2.34. The number of nitrogens with one attached hydrogen (secondary N) is 2. The van der Waals surface area contributed by atoms with Crippen molar-refractivity contribution in [2.45, 2.75) is 20.0 Å². The molecule has 6 nitrogen and oxygen atoms in total. The molecule has 1 heterocycles. The van der Waals surface area contributed by atoms with E-state index in [0.717, 1.165) is 32.8 Å². The Morgan fingerprint density at radius 1 is 1.56 bits per heavy atom. The van der Waals surface area contributed by atoms with Gasteiger partial charge in [0.05, 0.1) is 19.3 Å². The second-order valence-electron chi connectivity index (χ2n) is 3.75. The standard InChI is InChI=1S/C10H23N5O/c1-3-12-10(14-11)13-7-9-8-15(4-2)5-6-16-9/h9H,3-8,11H2,1-2H3,(H2,12,13,14). The van der Waals surface area contributed by atoms with Crippen molar-refractivity contribution in [1.29, 1.82) is 0 Å². The SMILES string of the molecule is CCNC(=NCC1CN(CC)CCO1)NN. The maximum absolute atomic E-state index is 5.64. The van der Waals surface area contributed by atoms with Crippen LogP contribution in [0.5, 0.6) is 0 Å². The Morgan fingerprint density at radius 3 is 3.00 bits per heavy atom. The van der Waals surface area contributed by atoms with Gasteiger partial charge in [-0.2, -0.15) is 0 Å². The molecule has 0 spiro atoms. The van der Waals surface area contributed by atoms with Crippen molar-refractivity contribution in [3.8, 4) is 0 Å². The monoisotopic (exact) mass is 229 g/mol. The zero-order chi connectivity index (χ0) is 11.8. The highest BCUT2D eigenvalue weighted by molar-refractivity contribution is 5.79. The Kier molecular flexibility index (Phi) is 6.14. The van der Waals surface area contributed by atoms with Crippen molar-refractivity contribution in [1.82, 2.24) is 15.6 Å². The quantitative estimate of drug-likeness (QED) is 0.253. The lowest BCUT2D eigenvalue weighted by Gasteiger charge is -2.31. The van der Waals surface area contributed by atoms with Crippen LogP contribution in [0.1, 0.15) is 13.8 Å². The van der Waals surface area contributed by atoms with E-state index in [-0.39, 0.29) is 6.10 Å². The van der Waals surface area contributed by atoms with Crippen LogP contribution in [0.25, 0.3) is 0 Å². The molecular formula is C10H23N5O. The summed E-state index contributed by atoms with van der Waals surface area (Å²) in [6, 6.07) is 0. The van der Waals surface area contributed by atoms with E-state index in [9.17, 15) is 0 Å². The molecule has 0 aliphatic carbocycles. The lowest BCUT2D eigenvalue weighted by atomic mass is 10.3. The Hall–Kier alpha value is -0.850. The highest BCUT2D eigenvalue weighted by Gasteiger charge is 2.18. The van der Waals surface area contributed by atoms with Gasteiger partial charge in [0.25, 0.3) is 0 Å². The molecule has 0 amide bonds. The van der Waals surface area contributed by atoms with E-state index in [1.807, 2.05) is 6.92 Å². The number of morpholine rings is 1. The number of nitrogens with two attached hydrogens (primary N) is 1. The molecule has 94 valence electrons. The summed E-state index contributed by atoms with van der Waals surface area (Å²) in [4.78, 5) is 6.71. The lowest BCUT2D eigenvalue weighted by molar-refractivity contribution is -0.0210. The van der Waals surface area contributed by atoms with Crippen LogP contribution in [-0.4, -0.2) is 56.3 Å². The summed E-state index contributed by atoms with van der Waals surface area (Å²) in [5, 5.41) is 3.04. The number of nitrogens with zero attached hydrogens (tertiary/aromatic N) is 2. The molecule has 1 rings (SSSR count). The Balaban J connectivity index is 2.35. The van der Waals surface area contributed by atoms with Crippen LogP contribution < -0.4 is 16.6 Å². The van der Waals surface area contributed by atoms with Crippen LogP contribution in [0.15, 0.2) is 4.99 Å². The first-order chi connectivity index (χ1) is 7.80. The van der Waals surface area contributed by atoms with Gasteiger partial charge in [-0.1, -0.05) is 6.92 Å². The van der Waals surface area contributed by atoms with Gasteiger partial charge < -0.3 is 10.1 Å². The highest BCUT2D eigenvalue weighted by Crippen LogP contribution is 2.04.